The number of aromatic nitrogens is 2. The standard InChI is InChI=1S/C20H28FN3O/c1-14(2)13-24-16(4)18(15(3)23-24)9-10-20(25)22-12-11-17-7-5-6-8-19(17)21/h5-8,14H,9-13H2,1-4H3,(H,22,25). The fourth-order valence-corrected chi connectivity index (χ4v) is 2.98. The van der Waals surface area contributed by atoms with Crippen molar-refractivity contribution in [3.63, 3.8) is 0 Å². The minimum Gasteiger partial charge on any atom is -0.356 e. The fraction of sp³-hybridized carbons (Fsp3) is 0.500. The number of nitrogens with one attached hydrogen (secondary N) is 1. The highest BCUT2D eigenvalue weighted by molar-refractivity contribution is 5.76. The molecule has 0 fully saturated rings. The smallest absolute Gasteiger partial charge is 0.220 e. The van der Waals surface area contributed by atoms with Gasteiger partial charge in [-0.25, -0.2) is 4.39 Å². The van der Waals surface area contributed by atoms with Gasteiger partial charge in [-0.05, 0) is 49.8 Å². The molecule has 5 heteroatoms. The maximum absolute atomic E-state index is 13.5. The maximum Gasteiger partial charge on any atom is 0.220 e. The van der Waals surface area contributed by atoms with Crippen molar-refractivity contribution < 1.29 is 9.18 Å². The van der Waals surface area contributed by atoms with Crippen molar-refractivity contribution >= 4 is 5.91 Å². The number of rotatable bonds is 8. The average Bonchev–Trinajstić information content (AvgIpc) is 2.80. The number of carbonyl (C=O) groups excluding carboxylic acids is 1. The van der Waals surface area contributed by atoms with E-state index in [0.29, 0.717) is 37.3 Å². The van der Waals surface area contributed by atoms with E-state index in [1.165, 1.54) is 6.07 Å². The molecule has 0 saturated heterocycles. The van der Waals surface area contributed by atoms with Crippen molar-refractivity contribution in [1.29, 1.82) is 0 Å². The van der Waals surface area contributed by atoms with Gasteiger partial charge in [0.05, 0.1) is 5.69 Å². The van der Waals surface area contributed by atoms with E-state index in [1.54, 1.807) is 18.2 Å². The molecule has 1 heterocycles. The number of hydrogen-bond donors (Lipinski definition) is 1. The molecule has 0 aliphatic rings. The van der Waals surface area contributed by atoms with E-state index in [9.17, 15) is 9.18 Å². The number of carbonyl (C=O) groups is 1. The zero-order valence-electron chi connectivity index (χ0n) is 15.6. The maximum atomic E-state index is 13.5. The van der Waals surface area contributed by atoms with Gasteiger partial charge in [0.1, 0.15) is 5.82 Å². The summed E-state index contributed by atoms with van der Waals surface area (Å²) < 4.78 is 15.6. The first-order valence-corrected chi connectivity index (χ1v) is 8.91. The summed E-state index contributed by atoms with van der Waals surface area (Å²) in [5.74, 6) is 0.305. The van der Waals surface area contributed by atoms with Crippen LogP contribution < -0.4 is 5.32 Å². The summed E-state index contributed by atoms with van der Waals surface area (Å²) in [6, 6.07) is 6.66. The Labute approximate surface area is 149 Å². The van der Waals surface area contributed by atoms with Crippen molar-refractivity contribution in [2.24, 2.45) is 5.92 Å². The largest absolute Gasteiger partial charge is 0.356 e. The van der Waals surface area contributed by atoms with Crippen LogP contribution in [-0.2, 0) is 24.2 Å². The Balaban J connectivity index is 1.82. The lowest BCUT2D eigenvalue weighted by Gasteiger charge is -2.08. The van der Waals surface area contributed by atoms with Crippen LogP contribution in [0.5, 0.6) is 0 Å². The van der Waals surface area contributed by atoms with Crippen LogP contribution in [0.25, 0.3) is 0 Å². The lowest BCUT2D eigenvalue weighted by molar-refractivity contribution is -0.121. The Bertz CT molecular complexity index is 722. The van der Waals surface area contributed by atoms with Gasteiger partial charge in [0.15, 0.2) is 0 Å². The Hall–Kier alpha value is -2.17. The van der Waals surface area contributed by atoms with Crippen molar-refractivity contribution in [1.82, 2.24) is 15.1 Å². The van der Waals surface area contributed by atoms with Crippen LogP contribution >= 0.6 is 0 Å². The molecule has 2 rings (SSSR count). The van der Waals surface area contributed by atoms with Crippen molar-refractivity contribution in [3.05, 3.63) is 52.6 Å². The van der Waals surface area contributed by atoms with Crippen LogP contribution in [0.1, 0.15) is 42.8 Å². The summed E-state index contributed by atoms with van der Waals surface area (Å²) in [6.07, 6.45) is 1.61. The van der Waals surface area contributed by atoms with E-state index in [1.807, 2.05) is 11.6 Å². The topological polar surface area (TPSA) is 46.9 Å². The lowest BCUT2D eigenvalue weighted by atomic mass is 10.1. The molecule has 1 N–H and O–H groups in total. The van der Waals surface area contributed by atoms with Gasteiger partial charge in [-0.3, -0.25) is 9.48 Å². The van der Waals surface area contributed by atoms with Gasteiger partial charge >= 0.3 is 0 Å². The molecule has 0 aliphatic carbocycles. The van der Waals surface area contributed by atoms with Crippen LogP contribution in [0.2, 0.25) is 0 Å². The molecule has 1 aromatic heterocycles. The van der Waals surface area contributed by atoms with E-state index in [4.69, 9.17) is 0 Å². The number of halogens is 1. The summed E-state index contributed by atoms with van der Waals surface area (Å²) in [5, 5.41) is 7.46. The number of aryl methyl sites for hydroxylation is 1. The quantitative estimate of drug-likeness (QED) is 0.795. The van der Waals surface area contributed by atoms with Gasteiger partial charge in [-0.1, -0.05) is 32.0 Å². The third kappa shape index (κ3) is 5.41. The molecule has 0 radical (unpaired) electrons. The first-order valence-electron chi connectivity index (χ1n) is 8.91. The van der Waals surface area contributed by atoms with E-state index >= 15 is 0 Å². The highest BCUT2D eigenvalue weighted by Crippen LogP contribution is 2.16. The molecule has 1 aromatic carbocycles. The summed E-state index contributed by atoms with van der Waals surface area (Å²) in [4.78, 5) is 12.1. The predicted molar refractivity (Wildman–Crippen MR) is 98.0 cm³/mol. The van der Waals surface area contributed by atoms with Gasteiger partial charge in [0, 0.05) is 25.2 Å². The first-order chi connectivity index (χ1) is 11.9. The fourth-order valence-electron chi connectivity index (χ4n) is 2.98. The van der Waals surface area contributed by atoms with Crippen molar-refractivity contribution in [2.75, 3.05) is 6.54 Å². The second kappa shape index (κ2) is 8.79. The van der Waals surface area contributed by atoms with Crippen molar-refractivity contribution in [2.45, 2.75) is 53.5 Å². The van der Waals surface area contributed by atoms with E-state index < -0.39 is 0 Å². The van der Waals surface area contributed by atoms with Gasteiger partial charge in [0.2, 0.25) is 5.91 Å². The molecular weight excluding hydrogens is 317 g/mol. The molecule has 0 unspecified atom stereocenters. The van der Waals surface area contributed by atoms with Crippen LogP contribution in [0.15, 0.2) is 24.3 Å². The van der Waals surface area contributed by atoms with Crippen LogP contribution in [-0.4, -0.2) is 22.2 Å². The normalized spacial score (nSPS) is 11.1. The van der Waals surface area contributed by atoms with Crippen LogP contribution in [0.4, 0.5) is 4.39 Å². The molecule has 0 atom stereocenters. The highest BCUT2D eigenvalue weighted by atomic mass is 19.1. The van der Waals surface area contributed by atoms with Crippen molar-refractivity contribution in [3.8, 4) is 0 Å². The average molecular weight is 345 g/mol. The zero-order chi connectivity index (χ0) is 18.4. The molecular formula is C20H28FN3O. The van der Waals surface area contributed by atoms with Gasteiger partial charge in [-0.2, -0.15) is 5.10 Å². The number of amides is 1. The third-order valence-electron chi connectivity index (χ3n) is 4.35. The SMILES string of the molecule is Cc1nn(CC(C)C)c(C)c1CCC(=O)NCCc1ccccc1F. The summed E-state index contributed by atoms with van der Waals surface area (Å²) in [5.41, 5.74) is 3.93. The molecule has 136 valence electrons. The minimum atomic E-state index is -0.222. The number of nitrogens with zero attached hydrogens (tertiary/aromatic N) is 2. The second-order valence-electron chi connectivity index (χ2n) is 6.92. The van der Waals surface area contributed by atoms with E-state index in [2.05, 4.69) is 31.2 Å². The minimum absolute atomic E-state index is 0.00764. The summed E-state index contributed by atoms with van der Waals surface area (Å²) in [6.45, 7) is 9.73. The monoisotopic (exact) mass is 345 g/mol. The van der Waals surface area contributed by atoms with E-state index in [0.717, 1.165) is 23.5 Å². The predicted octanol–water partition coefficient (Wildman–Crippen LogP) is 3.59. The van der Waals surface area contributed by atoms with Crippen LogP contribution in [0.3, 0.4) is 0 Å². The third-order valence-corrected chi connectivity index (χ3v) is 4.35. The number of hydrogen-bond acceptors (Lipinski definition) is 2. The lowest BCUT2D eigenvalue weighted by Crippen LogP contribution is -2.26. The highest BCUT2D eigenvalue weighted by Gasteiger charge is 2.13. The molecule has 0 spiro atoms. The molecule has 25 heavy (non-hydrogen) atoms. The summed E-state index contributed by atoms with van der Waals surface area (Å²) >= 11 is 0. The van der Waals surface area contributed by atoms with E-state index in [-0.39, 0.29) is 11.7 Å². The molecule has 0 saturated carbocycles. The van der Waals surface area contributed by atoms with Gasteiger partial charge in [-0.15, -0.1) is 0 Å². The number of benzene rings is 1. The zero-order valence-corrected chi connectivity index (χ0v) is 15.6. The van der Waals surface area contributed by atoms with Gasteiger partial charge in [0.25, 0.3) is 0 Å². The molecule has 0 bridgehead atoms. The molecule has 2 aromatic rings. The Kier molecular flexibility index (Phi) is 6.73. The molecule has 0 aliphatic heterocycles. The second-order valence-corrected chi connectivity index (χ2v) is 6.92. The molecule has 1 amide bonds. The molecule has 4 nitrogen and oxygen atoms in total. The van der Waals surface area contributed by atoms with Crippen LogP contribution in [0, 0.1) is 25.6 Å². The summed E-state index contributed by atoms with van der Waals surface area (Å²) in [7, 11) is 0. The Morgan fingerprint density at radius 3 is 2.64 bits per heavy atom. The van der Waals surface area contributed by atoms with Gasteiger partial charge < -0.3 is 5.32 Å². The Morgan fingerprint density at radius 2 is 1.96 bits per heavy atom. The first kappa shape index (κ1) is 19.2. The Morgan fingerprint density at radius 1 is 1.24 bits per heavy atom.